The van der Waals surface area contributed by atoms with E-state index in [1.165, 1.54) is 6.33 Å². The summed E-state index contributed by atoms with van der Waals surface area (Å²) >= 11 is 0. The van der Waals surface area contributed by atoms with Gasteiger partial charge in [0.1, 0.15) is 12.4 Å². The smallest absolute Gasteiger partial charge is 0.378 e. The molecule has 2 fully saturated rings. The second kappa shape index (κ2) is 9.18. The molecule has 2 saturated heterocycles. The fraction of sp³-hybridized carbons (Fsp3) is 0.571. The highest BCUT2D eigenvalue weighted by Crippen LogP contribution is 2.31. The molecule has 0 aliphatic carbocycles. The molecule has 3 aromatic heterocycles. The van der Waals surface area contributed by atoms with E-state index in [2.05, 4.69) is 24.8 Å². The van der Waals surface area contributed by atoms with E-state index in [0.29, 0.717) is 56.6 Å². The number of rotatable bonds is 5. The number of morpholine rings is 1. The number of hydrogen-bond donors (Lipinski definition) is 0. The first-order chi connectivity index (χ1) is 16.0. The number of imidazole rings is 1. The third kappa shape index (κ3) is 5.06. The van der Waals surface area contributed by atoms with Gasteiger partial charge in [0.05, 0.1) is 25.2 Å². The first kappa shape index (κ1) is 22.0. The van der Waals surface area contributed by atoms with Gasteiger partial charge in [-0.3, -0.25) is 14.9 Å². The van der Waals surface area contributed by atoms with Gasteiger partial charge in [0.2, 0.25) is 0 Å². The van der Waals surface area contributed by atoms with E-state index in [9.17, 15) is 13.2 Å². The first-order valence-electron chi connectivity index (χ1n) is 11.1. The van der Waals surface area contributed by atoms with E-state index in [1.54, 1.807) is 18.6 Å². The summed E-state index contributed by atoms with van der Waals surface area (Å²) in [6.45, 7) is 3.46. The van der Waals surface area contributed by atoms with Crippen molar-refractivity contribution in [2.45, 2.75) is 38.0 Å². The molecule has 1 unspecified atom stereocenters. The van der Waals surface area contributed by atoms with Crippen LogP contribution in [0.1, 0.15) is 30.3 Å². The van der Waals surface area contributed by atoms with Crippen molar-refractivity contribution < 1.29 is 17.9 Å². The summed E-state index contributed by atoms with van der Waals surface area (Å²) in [4.78, 5) is 26.5. The van der Waals surface area contributed by atoms with Gasteiger partial charge in [-0.25, -0.2) is 15.0 Å². The highest BCUT2D eigenvalue weighted by Gasteiger charge is 2.31. The molecule has 0 aromatic carbocycles. The molecule has 12 heteroatoms. The van der Waals surface area contributed by atoms with Gasteiger partial charge in [0.25, 0.3) is 0 Å². The molecule has 0 amide bonds. The van der Waals surface area contributed by atoms with E-state index in [1.807, 2.05) is 4.90 Å². The predicted molar refractivity (Wildman–Crippen MR) is 114 cm³/mol. The number of ether oxygens (including phenoxy) is 1. The second-order valence-electron chi connectivity index (χ2n) is 8.44. The van der Waals surface area contributed by atoms with Crippen LogP contribution in [0.25, 0.3) is 11.2 Å². The number of anilines is 1. The maximum atomic E-state index is 13.2. The molecule has 0 N–H and O–H groups in total. The fourth-order valence-corrected chi connectivity index (χ4v) is 4.48. The Morgan fingerprint density at radius 3 is 2.67 bits per heavy atom. The van der Waals surface area contributed by atoms with Crippen LogP contribution in [-0.2, 0) is 17.8 Å². The lowest BCUT2D eigenvalue weighted by Gasteiger charge is -2.32. The summed E-state index contributed by atoms with van der Waals surface area (Å²) in [5.41, 5.74) is 1.51. The number of halogens is 3. The van der Waals surface area contributed by atoms with Crippen LogP contribution in [-0.4, -0.2) is 80.0 Å². The molecule has 5 heterocycles. The first-order valence-corrected chi connectivity index (χ1v) is 11.1. The van der Waals surface area contributed by atoms with E-state index in [4.69, 9.17) is 9.72 Å². The number of likely N-dealkylation sites (tertiary alicyclic amines) is 1. The van der Waals surface area contributed by atoms with Crippen molar-refractivity contribution in [3.05, 3.63) is 36.4 Å². The molecule has 33 heavy (non-hydrogen) atoms. The van der Waals surface area contributed by atoms with Gasteiger partial charge in [0, 0.05) is 50.7 Å². The average molecular weight is 462 g/mol. The number of nitrogens with zero attached hydrogens (tertiary/aromatic N) is 8. The maximum absolute atomic E-state index is 13.2. The highest BCUT2D eigenvalue weighted by atomic mass is 19.4. The van der Waals surface area contributed by atoms with Crippen LogP contribution in [0.15, 0.2) is 24.9 Å². The van der Waals surface area contributed by atoms with E-state index in [-0.39, 0.29) is 11.6 Å². The average Bonchev–Trinajstić information content (AvgIpc) is 3.21. The Balaban J connectivity index is 1.47. The van der Waals surface area contributed by atoms with E-state index < -0.39 is 12.7 Å². The predicted octanol–water partition coefficient (Wildman–Crippen LogP) is 2.39. The molecule has 0 radical (unpaired) electrons. The lowest BCUT2D eigenvalue weighted by atomic mass is 9.97. The summed E-state index contributed by atoms with van der Waals surface area (Å²) in [6.07, 6.45) is 3.73. The molecule has 176 valence electrons. The SMILES string of the molecule is FC(F)(F)Cn1cnc2c(N3CCOCC3)nc(C3CCCN(Cc4cnccn4)C3)nc21. The lowest BCUT2D eigenvalue weighted by molar-refractivity contribution is -0.140. The third-order valence-corrected chi connectivity index (χ3v) is 6.00. The molecule has 0 saturated carbocycles. The van der Waals surface area contributed by atoms with Crippen LogP contribution in [0.4, 0.5) is 19.0 Å². The van der Waals surface area contributed by atoms with Crippen LogP contribution >= 0.6 is 0 Å². The summed E-state index contributed by atoms with van der Waals surface area (Å²) in [6, 6.07) is 0. The normalized spacial score (nSPS) is 20.5. The Morgan fingerprint density at radius 1 is 1.06 bits per heavy atom. The van der Waals surface area contributed by atoms with E-state index >= 15 is 0 Å². The second-order valence-corrected chi connectivity index (χ2v) is 8.44. The minimum Gasteiger partial charge on any atom is -0.378 e. The van der Waals surface area contributed by atoms with Gasteiger partial charge >= 0.3 is 6.18 Å². The van der Waals surface area contributed by atoms with Gasteiger partial charge < -0.3 is 14.2 Å². The molecule has 1 atom stereocenters. The van der Waals surface area contributed by atoms with Crippen molar-refractivity contribution in [3.63, 3.8) is 0 Å². The van der Waals surface area contributed by atoms with Crippen LogP contribution in [0.2, 0.25) is 0 Å². The van der Waals surface area contributed by atoms with Crippen molar-refractivity contribution >= 4 is 17.0 Å². The molecular formula is C21H25F3N8O. The standard InChI is InChI=1S/C21H25F3N8O/c22-21(23,24)13-32-14-27-17-19(31-6-8-33-9-7-31)28-18(29-20(17)32)15-2-1-5-30(11-15)12-16-10-25-3-4-26-16/h3-4,10,14-15H,1-2,5-9,11-13H2. The molecule has 9 nitrogen and oxygen atoms in total. The summed E-state index contributed by atoms with van der Waals surface area (Å²) in [7, 11) is 0. The van der Waals surface area contributed by atoms with Crippen LogP contribution in [0, 0.1) is 0 Å². The number of alkyl halides is 3. The van der Waals surface area contributed by atoms with Gasteiger partial charge in [-0.05, 0) is 19.4 Å². The van der Waals surface area contributed by atoms with Crippen LogP contribution < -0.4 is 4.90 Å². The van der Waals surface area contributed by atoms with Gasteiger partial charge in [-0.15, -0.1) is 0 Å². The molecule has 0 bridgehead atoms. The number of hydrogen-bond acceptors (Lipinski definition) is 8. The minimum atomic E-state index is -4.36. The van der Waals surface area contributed by atoms with Crippen LogP contribution in [0.3, 0.4) is 0 Å². The molecule has 0 spiro atoms. The zero-order chi connectivity index (χ0) is 22.8. The maximum Gasteiger partial charge on any atom is 0.406 e. The molecular weight excluding hydrogens is 437 g/mol. The Labute approximate surface area is 188 Å². The quantitative estimate of drug-likeness (QED) is 0.572. The molecule has 2 aliphatic rings. The summed E-state index contributed by atoms with van der Waals surface area (Å²) in [5.74, 6) is 1.16. The van der Waals surface area contributed by atoms with Crippen molar-refractivity contribution in [2.24, 2.45) is 0 Å². The Morgan fingerprint density at radius 2 is 1.91 bits per heavy atom. The lowest BCUT2D eigenvalue weighted by Crippen LogP contribution is -2.38. The van der Waals surface area contributed by atoms with Crippen molar-refractivity contribution in [1.82, 2.24) is 34.4 Å². The topological polar surface area (TPSA) is 85.1 Å². The zero-order valence-corrected chi connectivity index (χ0v) is 18.1. The van der Waals surface area contributed by atoms with Gasteiger partial charge in [0.15, 0.2) is 17.0 Å². The molecule has 3 aromatic rings. The van der Waals surface area contributed by atoms with E-state index in [0.717, 1.165) is 29.6 Å². The minimum absolute atomic E-state index is 0.00819. The fourth-order valence-electron chi connectivity index (χ4n) is 4.48. The molecule has 2 aliphatic heterocycles. The summed E-state index contributed by atoms with van der Waals surface area (Å²) < 4.78 is 46.1. The Bertz CT molecular complexity index is 1080. The van der Waals surface area contributed by atoms with Crippen molar-refractivity contribution in [1.29, 1.82) is 0 Å². The van der Waals surface area contributed by atoms with Gasteiger partial charge in [-0.1, -0.05) is 0 Å². The number of fused-ring (bicyclic) bond motifs is 1. The van der Waals surface area contributed by atoms with Crippen molar-refractivity contribution in [3.8, 4) is 0 Å². The van der Waals surface area contributed by atoms with Gasteiger partial charge in [-0.2, -0.15) is 13.2 Å². The monoisotopic (exact) mass is 462 g/mol. The Hall–Kier alpha value is -2.86. The largest absolute Gasteiger partial charge is 0.406 e. The van der Waals surface area contributed by atoms with Crippen molar-refractivity contribution in [2.75, 3.05) is 44.3 Å². The zero-order valence-electron chi connectivity index (χ0n) is 18.1. The summed E-state index contributed by atoms with van der Waals surface area (Å²) in [5, 5.41) is 0. The Kier molecular flexibility index (Phi) is 6.11. The highest BCUT2D eigenvalue weighted by molar-refractivity contribution is 5.83. The molecule has 5 rings (SSSR count). The number of piperidine rings is 1. The van der Waals surface area contributed by atoms with Crippen LogP contribution in [0.5, 0.6) is 0 Å². The third-order valence-electron chi connectivity index (χ3n) is 6.00. The number of aromatic nitrogens is 6.